The van der Waals surface area contributed by atoms with Gasteiger partial charge in [-0.15, -0.1) is 5.10 Å². The van der Waals surface area contributed by atoms with Crippen molar-refractivity contribution in [1.82, 2.24) is 20.0 Å². The molecule has 0 spiro atoms. The van der Waals surface area contributed by atoms with Crippen LogP contribution in [-0.4, -0.2) is 20.0 Å². The normalized spacial score (nSPS) is 11.6. The summed E-state index contributed by atoms with van der Waals surface area (Å²) in [4.78, 5) is 0. The SMILES string of the molecule is N#Cc1n[nH]nc1-c1ccc2ccn(-c3ccc(C(F)(F)F)cc3)c2c1. The predicted octanol–water partition coefficient (Wildman–Crippen LogP) is 4.31. The van der Waals surface area contributed by atoms with Crippen LogP contribution in [0.4, 0.5) is 13.2 Å². The summed E-state index contributed by atoms with van der Waals surface area (Å²) in [5, 5.41) is 20.2. The van der Waals surface area contributed by atoms with Crippen LogP contribution in [0.25, 0.3) is 27.8 Å². The van der Waals surface area contributed by atoms with Gasteiger partial charge in [0.15, 0.2) is 5.69 Å². The monoisotopic (exact) mass is 353 g/mol. The van der Waals surface area contributed by atoms with Crippen molar-refractivity contribution in [2.45, 2.75) is 6.18 Å². The molecule has 4 rings (SSSR count). The van der Waals surface area contributed by atoms with Gasteiger partial charge in [0.1, 0.15) is 11.8 Å². The highest BCUT2D eigenvalue weighted by molar-refractivity contribution is 5.86. The number of alkyl halides is 3. The smallest absolute Gasteiger partial charge is 0.317 e. The van der Waals surface area contributed by atoms with Gasteiger partial charge in [0, 0.05) is 17.4 Å². The molecular formula is C18H10F3N5. The number of aromatic amines is 1. The summed E-state index contributed by atoms with van der Waals surface area (Å²) in [6, 6.07) is 14.3. The van der Waals surface area contributed by atoms with Crippen molar-refractivity contribution in [2.24, 2.45) is 0 Å². The third-order valence-corrected chi connectivity index (χ3v) is 4.09. The maximum Gasteiger partial charge on any atom is 0.416 e. The van der Waals surface area contributed by atoms with Crippen LogP contribution in [0.5, 0.6) is 0 Å². The van der Waals surface area contributed by atoms with E-state index in [1.54, 1.807) is 10.8 Å². The molecule has 5 nitrogen and oxygen atoms in total. The van der Waals surface area contributed by atoms with Crippen LogP contribution in [0.15, 0.2) is 54.7 Å². The molecule has 0 fully saturated rings. The minimum Gasteiger partial charge on any atom is -0.317 e. The van der Waals surface area contributed by atoms with Gasteiger partial charge in [-0.25, -0.2) is 0 Å². The molecule has 128 valence electrons. The second-order valence-corrected chi connectivity index (χ2v) is 5.64. The lowest BCUT2D eigenvalue weighted by atomic mass is 10.1. The van der Waals surface area contributed by atoms with Gasteiger partial charge in [-0.05, 0) is 41.8 Å². The van der Waals surface area contributed by atoms with Gasteiger partial charge < -0.3 is 4.57 Å². The molecule has 0 atom stereocenters. The predicted molar refractivity (Wildman–Crippen MR) is 88.4 cm³/mol. The quantitative estimate of drug-likeness (QED) is 0.584. The van der Waals surface area contributed by atoms with Gasteiger partial charge in [-0.2, -0.15) is 28.7 Å². The number of nitriles is 1. The number of hydrogen-bond donors (Lipinski definition) is 1. The van der Waals surface area contributed by atoms with Crippen LogP contribution in [0.2, 0.25) is 0 Å². The first-order valence-electron chi connectivity index (χ1n) is 7.57. The summed E-state index contributed by atoms with van der Waals surface area (Å²) in [5.41, 5.74) is 1.99. The van der Waals surface area contributed by atoms with Crippen molar-refractivity contribution >= 4 is 10.9 Å². The molecule has 0 saturated heterocycles. The number of hydrogen-bond acceptors (Lipinski definition) is 3. The molecule has 4 aromatic rings. The Balaban J connectivity index is 1.82. The van der Waals surface area contributed by atoms with E-state index in [0.29, 0.717) is 16.9 Å². The van der Waals surface area contributed by atoms with E-state index in [9.17, 15) is 13.2 Å². The molecule has 0 radical (unpaired) electrons. The van der Waals surface area contributed by atoms with Crippen molar-refractivity contribution in [3.05, 3.63) is 66.0 Å². The van der Waals surface area contributed by atoms with Crippen LogP contribution < -0.4 is 0 Å². The lowest BCUT2D eigenvalue weighted by molar-refractivity contribution is -0.137. The summed E-state index contributed by atoms with van der Waals surface area (Å²) >= 11 is 0. The van der Waals surface area contributed by atoms with Crippen molar-refractivity contribution in [3.63, 3.8) is 0 Å². The Labute approximate surface area is 145 Å². The molecule has 2 aromatic heterocycles. The molecule has 8 heteroatoms. The first-order valence-corrected chi connectivity index (χ1v) is 7.57. The summed E-state index contributed by atoms with van der Waals surface area (Å²) in [5.74, 6) is 0. The van der Waals surface area contributed by atoms with Gasteiger partial charge in [-0.3, -0.25) is 0 Å². The molecule has 0 aliphatic carbocycles. The number of rotatable bonds is 2. The van der Waals surface area contributed by atoms with Crippen LogP contribution in [0.1, 0.15) is 11.3 Å². The van der Waals surface area contributed by atoms with Crippen molar-refractivity contribution in [3.8, 4) is 23.0 Å². The fraction of sp³-hybridized carbons (Fsp3) is 0.0556. The Morgan fingerprint density at radius 3 is 2.46 bits per heavy atom. The van der Waals surface area contributed by atoms with Crippen LogP contribution in [0, 0.1) is 11.3 Å². The molecule has 0 bridgehead atoms. The van der Waals surface area contributed by atoms with E-state index in [4.69, 9.17) is 5.26 Å². The van der Waals surface area contributed by atoms with E-state index in [1.807, 2.05) is 30.3 Å². The summed E-state index contributed by atoms with van der Waals surface area (Å²) in [7, 11) is 0. The van der Waals surface area contributed by atoms with E-state index < -0.39 is 11.7 Å². The van der Waals surface area contributed by atoms with E-state index in [0.717, 1.165) is 23.0 Å². The van der Waals surface area contributed by atoms with E-state index in [2.05, 4.69) is 15.4 Å². The highest BCUT2D eigenvalue weighted by atomic mass is 19.4. The minimum atomic E-state index is -4.37. The van der Waals surface area contributed by atoms with Gasteiger partial charge in [0.2, 0.25) is 0 Å². The first-order chi connectivity index (χ1) is 12.5. The summed E-state index contributed by atoms with van der Waals surface area (Å²) < 4.78 is 40.0. The average molecular weight is 353 g/mol. The first kappa shape index (κ1) is 15.9. The fourth-order valence-electron chi connectivity index (χ4n) is 2.82. The topological polar surface area (TPSA) is 70.3 Å². The number of nitrogens with zero attached hydrogens (tertiary/aromatic N) is 4. The summed E-state index contributed by atoms with van der Waals surface area (Å²) in [6.45, 7) is 0. The van der Waals surface area contributed by atoms with E-state index in [-0.39, 0.29) is 5.69 Å². The zero-order valence-electron chi connectivity index (χ0n) is 13.1. The Morgan fingerprint density at radius 1 is 1.00 bits per heavy atom. The van der Waals surface area contributed by atoms with Crippen LogP contribution in [-0.2, 0) is 6.18 Å². The fourth-order valence-corrected chi connectivity index (χ4v) is 2.82. The third kappa shape index (κ3) is 2.59. The molecule has 0 aliphatic heterocycles. The maximum atomic E-state index is 12.7. The number of halogens is 3. The molecule has 0 aliphatic rings. The van der Waals surface area contributed by atoms with Crippen molar-refractivity contribution in [2.75, 3.05) is 0 Å². The number of fused-ring (bicyclic) bond motifs is 1. The molecule has 26 heavy (non-hydrogen) atoms. The Bertz CT molecular complexity index is 1130. The molecule has 2 heterocycles. The molecule has 0 amide bonds. The number of nitrogens with one attached hydrogen (secondary N) is 1. The van der Waals surface area contributed by atoms with Crippen molar-refractivity contribution in [1.29, 1.82) is 5.26 Å². The minimum absolute atomic E-state index is 0.178. The van der Waals surface area contributed by atoms with Gasteiger partial charge >= 0.3 is 6.18 Å². The standard InChI is InChI=1S/C18H10F3N5/c19-18(20,21)13-3-5-14(6-4-13)26-8-7-11-1-2-12(9-16(11)26)17-15(10-22)23-25-24-17/h1-9H,(H,23,24,25). The largest absolute Gasteiger partial charge is 0.416 e. The van der Waals surface area contributed by atoms with Gasteiger partial charge in [0.05, 0.1) is 11.1 Å². The van der Waals surface area contributed by atoms with Gasteiger partial charge in [0.25, 0.3) is 0 Å². The Morgan fingerprint density at radius 2 is 1.77 bits per heavy atom. The zero-order valence-corrected chi connectivity index (χ0v) is 13.1. The highest BCUT2D eigenvalue weighted by Gasteiger charge is 2.30. The zero-order chi connectivity index (χ0) is 18.3. The van der Waals surface area contributed by atoms with Crippen LogP contribution >= 0.6 is 0 Å². The third-order valence-electron chi connectivity index (χ3n) is 4.09. The molecular weight excluding hydrogens is 343 g/mol. The number of H-pyrrole nitrogens is 1. The van der Waals surface area contributed by atoms with Gasteiger partial charge in [-0.1, -0.05) is 12.1 Å². The molecule has 2 aromatic carbocycles. The molecule has 1 N–H and O–H groups in total. The summed E-state index contributed by atoms with van der Waals surface area (Å²) in [6.07, 6.45) is -2.59. The molecule has 0 saturated carbocycles. The maximum absolute atomic E-state index is 12.7. The Hall–Kier alpha value is -3.60. The second kappa shape index (κ2) is 5.74. The second-order valence-electron chi connectivity index (χ2n) is 5.64. The van der Waals surface area contributed by atoms with E-state index >= 15 is 0 Å². The lowest BCUT2D eigenvalue weighted by Gasteiger charge is -2.10. The Kier molecular flexibility index (Phi) is 3.51. The van der Waals surface area contributed by atoms with Crippen molar-refractivity contribution < 1.29 is 13.2 Å². The number of benzene rings is 2. The number of aromatic nitrogens is 4. The lowest BCUT2D eigenvalue weighted by Crippen LogP contribution is -2.04. The van der Waals surface area contributed by atoms with E-state index in [1.165, 1.54) is 12.1 Å². The van der Waals surface area contributed by atoms with Crippen LogP contribution in [0.3, 0.4) is 0 Å². The molecule has 0 unspecified atom stereocenters. The highest BCUT2D eigenvalue weighted by Crippen LogP contribution is 2.31. The average Bonchev–Trinajstić information content (AvgIpc) is 3.27.